The van der Waals surface area contributed by atoms with E-state index >= 15 is 0 Å². The Morgan fingerprint density at radius 2 is 1.77 bits per heavy atom. The van der Waals surface area contributed by atoms with E-state index in [1.807, 2.05) is 54.6 Å². The van der Waals surface area contributed by atoms with Gasteiger partial charge in [-0.05, 0) is 41.0 Å². The molecular formula is C23H21N3O5. The molecule has 0 bridgehead atoms. The molecule has 0 aliphatic carbocycles. The summed E-state index contributed by atoms with van der Waals surface area (Å²) in [5.41, 5.74) is 5.25. The van der Waals surface area contributed by atoms with Crippen LogP contribution in [0.25, 0.3) is 11.1 Å². The minimum atomic E-state index is -0.844. The number of methoxy groups -OCH3 is 2. The maximum absolute atomic E-state index is 10.6. The lowest BCUT2D eigenvalue weighted by atomic mass is 9.83. The van der Waals surface area contributed by atoms with E-state index in [9.17, 15) is 4.79 Å². The second-order valence-corrected chi connectivity index (χ2v) is 6.80. The summed E-state index contributed by atoms with van der Waals surface area (Å²) in [4.78, 5) is 24.2. The molecule has 1 N–H and O–H groups in total. The third kappa shape index (κ3) is 4.00. The Kier molecular flexibility index (Phi) is 5.70. The van der Waals surface area contributed by atoms with Gasteiger partial charge in [-0.25, -0.2) is 4.99 Å². The first-order valence-corrected chi connectivity index (χ1v) is 9.51. The van der Waals surface area contributed by atoms with E-state index in [2.05, 4.69) is 15.3 Å². The number of hydrogen-bond acceptors (Lipinski definition) is 8. The SMILES string of the molecule is COc1ccc(C2(c3cccc(-c4cncc(OC)c4)c3)COC(NOC=O)=N2)cc1. The van der Waals surface area contributed by atoms with Crippen LogP contribution >= 0.6 is 0 Å². The van der Waals surface area contributed by atoms with E-state index in [0.717, 1.165) is 28.0 Å². The number of nitrogens with zero attached hydrogens (tertiary/aromatic N) is 2. The summed E-state index contributed by atoms with van der Waals surface area (Å²) in [7, 11) is 3.22. The molecule has 1 aliphatic heterocycles. The van der Waals surface area contributed by atoms with E-state index in [0.29, 0.717) is 5.75 Å². The predicted octanol–water partition coefficient (Wildman–Crippen LogP) is 3.07. The Bertz CT molecular complexity index is 1100. The summed E-state index contributed by atoms with van der Waals surface area (Å²) < 4.78 is 16.3. The third-order valence-electron chi connectivity index (χ3n) is 5.09. The molecule has 0 fully saturated rings. The van der Waals surface area contributed by atoms with Crippen molar-refractivity contribution in [1.82, 2.24) is 10.5 Å². The Morgan fingerprint density at radius 3 is 2.52 bits per heavy atom. The minimum Gasteiger partial charge on any atom is -0.497 e. The Labute approximate surface area is 179 Å². The predicted molar refractivity (Wildman–Crippen MR) is 114 cm³/mol. The van der Waals surface area contributed by atoms with E-state index in [1.54, 1.807) is 26.6 Å². The zero-order valence-corrected chi connectivity index (χ0v) is 17.1. The summed E-state index contributed by atoms with van der Waals surface area (Å²) in [5.74, 6) is 1.41. The number of pyridine rings is 1. The summed E-state index contributed by atoms with van der Waals surface area (Å²) in [6.07, 6.45) is 3.44. The van der Waals surface area contributed by atoms with Crippen molar-refractivity contribution in [3.05, 3.63) is 78.1 Å². The first-order valence-electron chi connectivity index (χ1n) is 9.51. The number of carbonyl (C=O) groups is 1. The number of carbonyl (C=O) groups excluding carboxylic acids is 1. The van der Waals surface area contributed by atoms with Gasteiger partial charge in [-0.3, -0.25) is 9.78 Å². The summed E-state index contributed by atoms with van der Waals surface area (Å²) in [6, 6.07) is 17.6. The van der Waals surface area contributed by atoms with Gasteiger partial charge in [0.1, 0.15) is 18.1 Å². The molecule has 4 rings (SSSR count). The van der Waals surface area contributed by atoms with Gasteiger partial charge in [-0.1, -0.05) is 30.3 Å². The summed E-state index contributed by atoms with van der Waals surface area (Å²) >= 11 is 0. The van der Waals surface area contributed by atoms with Crippen LogP contribution in [0.3, 0.4) is 0 Å². The topological polar surface area (TPSA) is 91.3 Å². The van der Waals surface area contributed by atoms with Crippen LogP contribution in [0.2, 0.25) is 0 Å². The molecule has 8 nitrogen and oxygen atoms in total. The first-order chi connectivity index (χ1) is 15.2. The number of rotatable bonds is 7. The number of nitrogens with one attached hydrogen (secondary N) is 1. The maximum Gasteiger partial charge on any atom is 0.320 e. The van der Waals surface area contributed by atoms with Crippen molar-refractivity contribution < 1.29 is 23.8 Å². The van der Waals surface area contributed by atoms with Crippen LogP contribution in [0.15, 0.2) is 72.0 Å². The largest absolute Gasteiger partial charge is 0.497 e. The molecule has 1 aromatic heterocycles. The van der Waals surface area contributed by atoms with Crippen LogP contribution in [0.4, 0.5) is 0 Å². The third-order valence-corrected chi connectivity index (χ3v) is 5.09. The highest BCUT2D eigenvalue weighted by Crippen LogP contribution is 2.39. The molecule has 3 aromatic rings. The van der Waals surface area contributed by atoms with Crippen molar-refractivity contribution in [3.63, 3.8) is 0 Å². The minimum absolute atomic E-state index is 0.122. The number of aromatic nitrogens is 1. The Balaban J connectivity index is 1.80. The van der Waals surface area contributed by atoms with Crippen LogP contribution in [0.5, 0.6) is 11.5 Å². The molecule has 1 aliphatic rings. The molecule has 1 unspecified atom stereocenters. The normalized spacial score (nSPS) is 17.3. The smallest absolute Gasteiger partial charge is 0.320 e. The lowest BCUT2D eigenvalue weighted by molar-refractivity contribution is -0.132. The highest BCUT2D eigenvalue weighted by atomic mass is 16.7. The molecule has 0 radical (unpaired) electrons. The molecule has 0 spiro atoms. The molecule has 0 saturated carbocycles. The molecule has 0 amide bonds. The molecule has 8 heteroatoms. The van der Waals surface area contributed by atoms with Crippen molar-refractivity contribution >= 4 is 12.5 Å². The summed E-state index contributed by atoms with van der Waals surface area (Å²) in [6.45, 7) is 0.499. The van der Waals surface area contributed by atoms with Crippen molar-refractivity contribution in [2.45, 2.75) is 5.54 Å². The zero-order chi connectivity index (χ0) is 21.7. The fourth-order valence-electron chi connectivity index (χ4n) is 3.51. The molecule has 31 heavy (non-hydrogen) atoms. The molecule has 0 saturated heterocycles. The van der Waals surface area contributed by atoms with Gasteiger partial charge < -0.3 is 19.0 Å². The highest BCUT2D eigenvalue weighted by molar-refractivity contribution is 5.77. The van der Waals surface area contributed by atoms with Gasteiger partial charge in [0.15, 0.2) is 5.54 Å². The fraction of sp³-hybridized carbons (Fsp3) is 0.174. The highest BCUT2D eigenvalue weighted by Gasteiger charge is 2.41. The fourth-order valence-corrected chi connectivity index (χ4v) is 3.51. The van der Waals surface area contributed by atoms with Crippen molar-refractivity contribution in [2.24, 2.45) is 4.99 Å². The number of hydrogen-bond donors (Lipinski definition) is 1. The molecule has 1 atom stereocenters. The molecule has 2 heterocycles. The maximum atomic E-state index is 10.6. The van der Waals surface area contributed by atoms with Crippen LogP contribution in [-0.4, -0.2) is 38.3 Å². The summed E-state index contributed by atoms with van der Waals surface area (Å²) in [5, 5.41) is 0. The van der Waals surface area contributed by atoms with Crippen LogP contribution in [-0.2, 0) is 19.9 Å². The lowest BCUT2D eigenvalue weighted by Gasteiger charge is -2.26. The number of hydroxylamine groups is 1. The van der Waals surface area contributed by atoms with Gasteiger partial charge in [0.2, 0.25) is 0 Å². The lowest BCUT2D eigenvalue weighted by Crippen LogP contribution is -2.27. The first kappa shape index (κ1) is 20.2. The number of ether oxygens (including phenoxy) is 3. The van der Waals surface area contributed by atoms with E-state index in [1.165, 1.54) is 0 Å². The van der Waals surface area contributed by atoms with Gasteiger partial charge in [0.05, 0.1) is 20.4 Å². The van der Waals surface area contributed by atoms with Gasteiger partial charge in [-0.15, -0.1) is 0 Å². The number of benzene rings is 2. The van der Waals surface area contributed by atoms with E-state index < -0.39 is 5.54 Å². The van der Waals surface area contributed by atoms with Crippen LogP contribution in [0, 0.1) is 0 Å². The molecular weight excluding hydrogens is 398 g/mol. The molecule has 2 aromatic carbocycles. The molecule has 158 valence electrons. The Morgan fingerprint density at radius 1 is 0.968 bits per heavy atom. The van der Waals surface area contributed by atoms with E-state index in [4.69, 9.17) is 19.2 Å². The quantitative estimate of drug-likeness (QED) is 0.465. The van der Waals surface area contributed by atoms with Gasteiger partial charge in [0.25, 0.3) is 0 Å². The monoisotopic (exact) mass is 419 g/mol. The van der Waals surface area contributed by atoms with Crippen LogP contribution < -0.4 is 15.0 Å². The standard InChI is InChI=1S/C23H21N3O5/c1-28-20-8-6-18(7-9-20)23(14-30-22(25-23)26-31-15-27)19-5-3-4-16(10-19)17-11-21(29-2)13-24-12-17/h3-13,15H,14H2,1-2H3,(H,25,26). The van der Waals surface area contributed by atoms with E-state index in [-0.39, 0.29) is 19.1 Å². The van der Waals surface area contributed by atoms with Crippen molar-refractivity contribution in [3.8, 4) is 22.6 Å². The number of aliphatic imine (C=N–C) groups is 1. The zero-order valence-electron chi connectivity index (χ0n) is 17.1. The number of amidine groups is 1. The van der Waals surface area contributed by atoms with Crippen molar-refractivity contribution in [1.29, 1.82) is 0 Å². The van der Waals surface area contributed by atoms with Gasteiger partial charge in [-0.2, -0.15) is 5.48 Å². The second-order valence-electron chi connectivity index (χ2n) is 6.80. The second kappa shape index (κ2) is 8.74. The van der Waals surface area contributed by atoms with Gasteiger partial charge >= 0.3 is 12.5 Å². The Hall–Kier alpha value is -4.07. The van der Waals surface area contributed by atoms with Gasteiger partial charge in [0, 0.05) is 11.8 Å². The average Bonchev–Trinajstić information content (AvgIpc) is 3.28. The average molecular weight is 419 g/mol. The van der Waals surface area contributed by atoms with Crippen molar-refractivity contribution in [2.75, 3.05) is 20.8 Å². The van der Waals surface area contributed by atoms with Crippen LogP contribution in [0.1, 0.15) is 11.1 Å².